The molecule has 2 rings (SSSR count). The molecule has 2 aromatic rings. The number of nitriles is 1. The zero-order chi connectivity index (χ0) is 21.4. The molecule has 0 aliphatic heterocycles. The van der Waals surface area contributed by atoms with Crippen molar-refractivity contribution < 1.29 is 9.85 Å². The lowest BCUT2D eigenvalue weighted by Crippen LogP contribution is -2.30. The molecule has 0 spiro atoms. The van der Waals surface area contributed by atoms with Gasteiger partial charge in [-0.15, -0.1) is 0 Å². The first-order chi connectivity index (χ1) is 13.8. The number of hydrogen-bond acceptors (Lipinski definition) is 7. The molecule has 9 heteroatoms. The molecule has 0 aromatic heterocycles. The maximum atomic E-state index is 11.1. The van der Waals surface area contributed by atoms with Crippen LogP contribution in [0.25, 0.3) is 0 Å². The number of rotatable bonds is 9. The Morgan fingerprint density at radius 3 is 2.41 bits per heavy atom. The molecule has 0 saturated heterocycles. The van der Waals surface area contributed by atoms with Gasteiger partial charge in [0, 0.05) is 12.3 Å². The second kappa shape index (κ2) is 9.41. The van der Waals surface area contributed by atoms with E-state index in [1.807, 2.05) is 44.2 Å². The Morgan fingerprint density at radius 2 is 1.86 bits per heavy atom. The molecule has 29 heavy (non-hydrogen) atoms. The van der Waals surface area contributed by atoms with Gasteiger partial charge in [0.05, 0.1) is 27.4 Å². The minimum atomic E-state index is -0.709. The van der Waals surface area contributed by atoms with Gasteiger partial charge in [-0.05, 0) is 30.4 Å². The number of nitrogens with zero attached hydrogens (tertiary/aromatic N) is 4. The number of nitro groups is 2. The van der Waals surface area contributed by atoms with Crippen molar-refractivity contribution in [2.75, 3.05) is 5.43 Å². The van der Waals surface area contributed by atoms with Gasteiger partial charge in [-0.25, -0.2) is 0 Å². The second-order valence-electron chi connectivity index (χ2n) is 6.78. The third kappa shape index (κ3) is 4.93. The monoisotopic (exact) mass is 395 g/mol. The van der Waals surface area contributed by atoms with E-state index in [2.05, 4.69) is 16.6 Å². The van der Waals surface area contributed by atoms with Crippen molar-refractivity contribution in [3.63, 3.8) is 0 Å². The van der Waals surface area contributed by atoms with E-state index >= 15 is 0 Å². The number of nitro benzene ring substituents is 2. The van der Waals surface area contributed by atoms with E-state index in [0.717, 1.165) is 11.6 Å². The minimum Gasteiger partial charge on any atom is -0.272 e. The number of non-ortho nitro benzene ring substituents is 1. The maximum Gasteiger partial charge on any atom is 0.301 e. The average molecular weight is 395 g/mol. The van der Waals surface area contributed by atoms with Crippen LogP contribution in [-0.2, 0) is 5.41 Å². The first kappa shape index (κ1) is 21.5. The highest BCUT2D eigenvalue weighted by Gasteiger charge is 2.35. The molecular formula is C20H21N5O4. The number of hydrazone groups is 1. The van der Waals surface area contributed by atoms with Gasteiger partial charge in [-0.3, -0.25) is 25.7 Å². The van der Waals surface area contributed by atoms with Crippen LogP contribution in [0.3, 0.4) is 0 Å². The van der Waals surface area contributed by atoms with Crippen molar-refractivity contribution in [1.82, 2.24) is 0 Å². The van der Waals surface area contributed by atoms with Gasteiger partial charge >= 0.3 is 5.69 Å². The summed E-state index contributed by atoms with van der Waals surface area (Å²) in [5.41, 5.74) is 2.06. The van der Waals surface area contributed by atoms with Crippen molar-refractivity contribution in [3.05, 3.63) is 74.3 Å². The Bertz CT molecular complexity index is 953. The number of anilines is 1. The molecule has 150 valence electrons. The Balaban J connectivity index is 2.11. The fourth-order valence-electron chi connectivity index (χ4n) is 3.10. The molecule has 0 saturated carbocycles. The summed E-state index contributed by atoms with van der Waals surface area (Å²) in [4.78, 5) is 20.5. The second-order valence-corrected chi connectivity index (χ2v) is 6.78. The Morgan fingerprint density at radius 1 is 1.17 bits per heavy atom. The van der Waals surface area contributed by atoms with E-state index in [4.69, 9.17) is 0 Å². The average Bonchev–Trinajstić information content (AvgIpc) is 2.71. The van der Waals surface area contributed by atoms with Gasteiger partial charge in [0.1, 0.15) is 5.69 Å². The van der Waals surface area contributed by atoms with Crippen LogP contribution in [0, 0.1) is 37.5 Å². The zero-order valence-electron chi connectivity index (χ0n) is 16.1. The van der Waals surface area contributed by atoms with E-state index < -0.39 is 20.9 Å². The SMILES string of the molecule is CC(C)[C@](C#N)(CC/C=N/Nc1ccc([N+](=O)[O-])cc1[N+](=O)[O-])c1ccccc1. The predicted molar refractivity (Wildman–Crippen MR) is 110 cm³/mol. The zero-order valence-corrected chi connectivity index (χ0v) is 16.1. The molecule has 0 bridgehead atoms. The molecule has 0 aliphatic carbocycles. The molecule has 0 radical (unpaired) electrons. The van der Waals surface area contributed by atoms with E-state index in [1.165, 1.54) is 12.1 Å². The van der Waals surface area contributed by atoms with Crippen LogP contribution in [0.5, 0.6) is 0 Å². The number of hydrogen-bond donors (Lipinski definition) is 1. The third-order valence-corrected chi connectivity index (χ3v) is 4.81. The molecule has 2 aromatic carbocycles. The first-order valence-corrected chi connectivity index (χ1v) is 8.99. The Labute approximate surface area is 168 Å². The lowest BCUT2D eigenvalue weighted by molar-refractivity contribution is -0.393. The van der Waals surface area contributed by atoms with Crippen LogP contribution >= 0.6 is 0 Å². The number of nitrogens with one attached hydrogen (secondary N) is 1. The molecule has 0 heterocycles. The summed E-state index contributed by atoms with van der Waals surface area (Å²) in [5.74, 6) is 0.0759. The maximum absolute atomic E-state index is 11.1. The molecule has 0 aliphatic rings. The normalized spacial score (nSPS) is 13.0. The fraction of sp³-hybridized carbons (Fsp3) is 0.300. The van der Waals surface area contributed by atoms with Gasteiger partial charge in [0.15, 0.2) is 0 Å². The van der Waals surface area contributed by atoms with Gasteiger partial charge in [-0.2, -0.15) is 10.4 Å². The molecule has 0 unspecified atom stereocenters. The van der Waals surface area contributed by atoms with Crippen LogP contribution in [0.1, 0.15) is 32.3 Å². The lowest BCUT2D eigenvalue weighted by Gasteiger charge is -2.31. The van der Waals surface area contributed by atoms with Crippen LogP contribution < -0.4 is 5.43 Å². The summed E-state index contributed by atoms with van der Waals surface area (Å²) in [6.07, 6.45) is 2.54. The van der Waals surface area contributed by atoms with Crippen molar-refractivity contribution in [2.24, 2.45) is 11.0 Å². The largest absolute Gasteiger partial charge is 0.301 e. The van der Waals surface area contributed by atoms with Crippen molar-refractivity contribution >= 4 is 23.3 Å². The summed E-state index contributed by atoms with van der Waals surface area (Å²) in [7, 11) is 0. The third-order valence-electron chi connectivity index (χ3n) is 4.81. The molecule has 1 N–H and O–H groups in total. The van der Waals surface area contributed by atoms with Crippen LogP contribution in [0.2, 0.25) is 0 Å². The summed E-state index contributed by atoms with van der Waals surface area (Å²) in [6.45, 7) is 3.98. The Hall–Kier alpha value is -3.80. The highest BCUT2D eigenvalue weighted by atomic mass is 16.6. The molecule has 1 atom stereocenters. The van der Waals surface area contributed by atoms with Gasteiger partial charge in [0.2, 0.25) is 0 Å². The highest BCUT2D eigenvalue weighted by Crippen LogP contribution is 2.36. The van der Waals surface area contributed by atoms with Gasteiger partial charge in [0.25, 0.3) is 5.69 Å². The first-order valence-electron chi connectivity index (χ1n) is 8.99. The summed E-state index contributed by atoms with van der Waals surface area (Å²) in [6, 6.07) is 15.3. The summed E-state index contributed by atoms with van der Waals surface area (Å²) in [5, 5.41) is 35.8. The minimum absolute atomic E-state index is 0.0512. The molecule has 9 nitrogen and oxygen atoms in total. The predicted octanol–water partition coefficient (Wildman–Crippen LogP) is 4.80. The number of benzene rings is 2. The van der Waals surface area contributed by atoms with Crippen LogP contribution in [-0.4, -0.2) is 16.1 Å². The van der Waals surface area contributed by atoms with Crippen LogP contribution in [0.4, 0.5) is 17.1 Å². The topological polar surface area (TPSA) is 134 Å². The van der Waals surface area contributed by atoms with E-state index in [0.29, 0.717) is 12.8 Å². The van der Waals surface area contributed by atoms with E-state index in [9.17, 15) is 25.5 Å². The molecule has 0 amide bonds. The highest BCUT2D eigenvalue weighted by molar-refractivity contribution is 5.67. The van der Waals surface area contributed by atoms with Crippen molar-refractivity contribution in [2.45, 2.75) is 32.1 Å². The fourth-order valence-corrected chi connectivity index (χ4v) is 3.10. The van der Waals surface area contributed by atoms with Crippen molar-refractivity contribution in [1.29, 1.82) is 5.26 Å². The van der Waals surface area contributed by atoms with Gasteiger partial charge < -0.3 is 0 Å². The quantitative estimate of drug-likeness (QED) is 0.368. The lowest BCUT2D eigenvalue weighted by atomic mass is 9.70. The van der Waals surface area contributed by atoms with E-state index in [-0.39, 0.29) is 17.3 Å². The molecule has 0 fully saturated rings. The van der Waals surface area contributed by atoms with Crippen LogP contribution in [0.15, 0.2) is 53.6 Å². The smallest absolute Gasteiger partial charge is 0.272 e. The van der Waals surface area contributed by atoms with Crippen molar-refractivity contribution in [3.8, 4) is 6.07 Å². The summed E-state index contributed by atoms with van der Waals surface area (Å²) >= 11 is 0. The Kier molecular flexibility index (Phi) is 6.98. The summed E-state index contributed by atoms with van der Waals surface area (Å²) < 4.78 is 0. The molecular weight excluding hydrogens is 374 g/mol. The van der Waals surface area contributed by atoms with E-state index in [1.54, 1.807) is 6.21 Å². The standard InChI is InChI=1S/C20H21N5O4/c1-15(2)20(14-21,16-7-4-3-5-8-16)11-6-12-22-23-18-10-9-17(24(26)27)13-19(18)25(28)29/h3-5,7-10,12-13,15,23H,6,11H2,1-2H3/b22-12+/t20-/m1/s1. The van der Waals surface area contributed by atoms with Gasteiger partial charge in [-0.1, -0.05) is 44.2 Å².